The minimum absolute atomic E-state index is 0.163. The smallest absolute Gasteiger partial charge is 0.362 e. The third-order valence-electron chi connectivity index (χ3n) is 3.36. The number of nitrogens with zero attached hydrogens (tertiary/aromatic N) is 1. The van der Waals surface area contributed by atoms with E-state index in [1.807, 2.05) is 31.2 Å². The van der Waals surface area contributed by atoms with Gasteiger partial charge in [-0.3, -0.25) is 0 Å². The average Bonchev–Trinajstić information content (AvgIpc) is 2.52. The number of hydrogen-bond acceptors (Lipinski definition) is 4. The van der Waals surface area contributed by atoms with Crippen LogP contribution < -0.4 is 11.5 Å². The second-order valence-corrected chi connectivity index (χ2v) is 4.86. The van der Waals surface area contributed by atoms with Gasteiger partial charge in [-0.25, -0.2) is 4.79 Å². The molecule has 0 radical (unpaired) electrons. The molecule has 1 aromatic rings. The Bertz CT molecular complexity index is 613. The predicted molar refractivity (Wildman–Crippen MR) is 82.2 cm³/mol. The van der Waals surface area contributed by atoms with E-state index in [0.717, 1.165) is 17.6 Å². The van der Waals surface area contributed by atoms with Gasteiger partial charge >= 0.3 is 5.97 Å². The summed E-state index contributed by atoms with van der Waals surface area (Å²) in [6.45, 7) is 2.35. The average molecular weight is 285 g/mol. The quantitative estimate of drug-likeness (QED) is 0.383. The molecule has 0 aliphatic heterocycles. The molecular weight excluding hydrogens is 266 g/mol. The Labute approximate surface area is 123 Å². The van der Waals surface area contributed by atoms with Crippen molar-refractivity contribution in [1.82, 2.24) is 0 Å². The number of allylic oxidation sites excluding steroid dienone is 3. The van der Waals surface area contributed by atoms with Crippen molar-refractivity contribution in [2.75, 3.05) is 0 Å². The Morgan fingerprint density at radius 2 is 2.05 bits per heavy atom. The molecule has 0 spiro atoms. The van der Waals surface area contributed by atoms with Crippen LogP contribution in [0.3, 0.4) is 0 Å². The lowest BCUT2D eigenvalue weighted by Crippen LogP contribution is -2.16. The van der Waals surface area contributed by atoms with E-state index >= 15 is 0 Å². The Morgan fingerprint density at radius 3 is 2.67 bits per heavy atom. The summed E-state index contributed by atoms with van der Waals surface area (Å²) in [5.41, 5.74) is 14.6. The van der Waals surface area contributed by atoms with Gasteiger partial charge in [-0.15, -0.1) is 0 Å². The van der Waals surface area contributed by atoms with E-state index < -0.39 is 5.97 Å². The van der Waals surface area contributed by atoms with Crippen molar-refractivity contribution in [3.05, 3.63) is 58.7 Å². The number of nitrogens with two attached hydrogens (primary N) is 2. The van der Waals surface area contributed by atoms with Gasteiger partial charge in [-0.05, 0) is 30.9 Å². The van der Waals surface area contributed by atoms with Crippen LogP contribution in [-0.4, -0.2) is 11.8 Å². The maximum atomic E-state index is 12.0. The van der Waals surface area contributed by atoms with Gasteiger partial charge in [0.15, 0.2) is 5.84 Å². The molecule has 1 aliphatic carbocycles. The molecule has 2 rings (SSSR count). The second kappa shape index (κ2) is 6.85. The molecule has 5 heteroatoms. The molecule has 4 N–H and O–H groups in total. The summed E-state index contributed by atoms with van der Waals surface area (Å²) >= 11 is 0. The summed E-state index contributed by atoms with van der Waals surface area (Å²) < 4.78 is 0. The summed E-state index contributed by atoms with van der Waals surface area (Å²) in [7, 11) is 0. The lowest BCUT2D eigenvalue weighted by molar-refractivity contribution is -0.139. The number of benzene rings is 1. The minimum Gasteiger partial charge on any atom is -0.380 e. The number of hydrogen-bond donors (Lipinski definition) is 2. The number of rotatable bonds is 4. The van der Waals surface area contributed by atoms with Crippen LogP contribution >= 0.6 is 0 Å². The summed E-state index contributed by atoms with van der Waals surface area (Å²) in [6, 6.07) is 7.31. The van der Waals surface area contributed by atoms with Gasteiger partial charge in [-0.2, -0.15) is 0 Å². The molecule has 0 atom stereocenters. The molecular formula is C16H19N3O2. The van der Waals surface area contributed by atoms with Crippen LogP contribution in [0.1, 0.15) is 30.9 Å². The zero-order chi connectivity index (χ0) is 15.2. The van der Waals surface area contributed by atoms with Gasteiger partial charge in [0, 0.05) is 17.7 Å². The highest BCUT2D eigenvalue weighted by atomic mass is 16.7. The fourth-order valence-electron chi connectivity index (χ4n) is 2.06. The molecule has 0 heterocycles. The molecule has 0 saturated carbocycles. The van der Waals surface area contributed by atoms with Crippen molar-refractivity contribution >= 4 is 11.8 Å². The Hall–Kier alpha value is -2.40. The molecule has 0 bridgehead atoms. The van der Waals surface area contributed by atoms with E-state index in [1.54, 1.807) is 12.1 Å². The minimum atomic E-state index is -0.446. The topological polar surface area (TPSA) is 90.7 Å². The summed E-state index contributed by atoms with van der Waals surface area (Å²) in [4.78, 5) is 16.9. The second-order valence-electron chi connectivity index (χ2n) is 4.86. The molecule has 1 aromatic carbocycles. The van der Waals surface area contributed by atoms with Crippen molar-refractivity contribution in [2.24, 2.45) is 16.6 Å². The van der Waals surface area contributed by atoms with Crippen LogP contribution in [0.5, 0.6) is 0 Å². The van der Waals surface area contributed by atoms with Crippen LogP contribution in [0.4, 0.5) is 0 Å². The molecule has 110 valence electrons. The van der Waals surface area contributed by atoms with Crippen LogP contribution in [-0.2, 0) is 16.2 Å². The first kappa shape index (κ1) is 15.0. The highest BCUT2D eigenvalue weighted by molar-refractivity contribution is 5.98. The van der Waals surface area contributed by atoms with Gasteiger partial charge in [0.05, 0.1) is 0 Å². The Morgan fingerprint density at radius 1 is 1.33 bits per heavy atom. The van der Waals surface area contributed by atoms with Crippen LogP contribution in [0.15, 0.2) is 52.7 Å². The van der Waals surface area contributed by atoms with E-state index in [9.17, 15) is 4.79 Å². The van der Waals surface area contributed by atoms with Gasteiger partial charge in [0.2, 0.25) is 0 Å². The predicted octanol–water partition coefficient (Wildman–Crippen LogP) is 1.98. The van der Waals surface area contributed by atoms with Gasteiger partial charge < -0.3 is 16.3 Å². The first-order chi connectivity index (χ1) is 10.1. The highest BCUT2D eigenvalue weighted by Crippen LogP contribution is 2.19. The molecule has 21 heavy (non-hydrogen) atoms. The molecule has 0 aromatic heterocycles. The first-order valence-corrected chi connectivity index (χ1v) is 6.82. The zero-order valence-electron chi connectivity index (χ0n) is 12.0. The zero-order valence-corrected chi connectivity index (χ0v) is 12.0. The van der Waals surface area contributed by atoms with Gasteiger partial charge in [-0.1, -0.05) is 41.6 Å². The fraction of sp³-hybridized carbons (Fsp3) is 0.250. The number of carbonyl (C=O) groups is 1. The SMILES string of the molecule is CC1=C(C(=O)O/N=C(\N)c2ccc(CN)cc2)CCC=C1. The molecule has 1 aliphatic rings. The van der Waals surface area contributed by atoms with E-state index in [0.29, 0.717) is 24.1 Å². The number of carbonyl (C=O) groups excluding carboxylic acids is 1. The summed E-state index contributed by atoms with van der Waals surface area (Å²) in [5.74, 6) is -0.282. The van der Waals surface area contributed by atoms with Crippen molar-refractivity contribution in [1.29, 1.82) is 0 Å². The number of oxime groups is 1. The summed E-state index contributed by atoms with van der Waals surface area (Å²) in [5, 5.41) is 3.71. The van der Waals surface area contributed by atoms with Crippen LogP contribution in [0, 0.1) is 0 Å². The molecule has 0 saturated heterocycles. The highest BCUT2D eigenvalue weighted by Gasteiger charge is 2.15. The Kier molecular flexibility index (Phi) is 4.90. The van der Waals surface area contributed by atoms with Crippen LogP contribution in [0.25, 0.3) is 0 Å². The third kappa shape index (κ3) is 3.79. The van der Waals surface area contributed by atoms with Crippen LogP contribution in [0.2, 0.25) is 0 Å². The monoisotopic (exact) mass is 285 g/mol. The van der Waals surface area contributed by atoms with Crippen molar-refractivity contribution in [3.63, 3.8) is 0 Å². The molecule has 0 amide bonds. The molecule has 0 fully saturated rings. The fourth-order valence-corrected chi connectivity index (χ4v) is 2.06. The molecule has 0 unspecified atom stereocenters. The molecule has 5 nitrogen and oxygen atoms in total. The largest absolute Gasteiger partial charge is 0.380 e. The maximum absolute atomic E-state index is 12.0. The lowest BCUT2D eigenvalue weighted by Gasteiger charge is -2.10. The standard InChI is InChI=1S/C16H19N3O2/c1-11-4-2-3-5-14(11)16(20)21-19-15(18)13-8-6-12(10-17)7-9-13/h2,4,6-9H,3,5,10,17H2,1H3,(H2,18,19). The van der Waals surface area contributed by atoms with E-state index in [1.165, 1.54) is 0 Å². The van der Waals surface area contributed by atoms with Crippen molar-refractivity contribution in [3.8, 4) is 0 Å². The van der Waals surface area contributed by atoms with E-state index in [4.69, 9.17) is 16.3 Å². The van der Waals surface area contributed by atoms with E-state index in [-0.39, 0.29) is 5.84 Å². The maximum Gasteiger partial charge on any atom is 0.362 e. The van der Waals surface area contributed by atoms with Gasteiger partial charge in [0.1, 0.15) is 0 Å². The summed E-state index contributed by atoms with van der Waals surface area (Å²) in [6.07, 6.45) is 5.45. The Balaban J connectivity index is 2.05. The first-order valence-electron chi connectivity index (χ1n) is 6.82. The normalized spacial score (nSPS) is 15.2. The third-order valence-corrected chi connectivity index (χ3v) is 3.36. The van der Waals surface area contributed by atoms with Crippen molar-refractivity contribution < 1.29 is 9.63 Å². The van der Waals surface area contributed by atoms with E-state index in [2.05, 4.69) is 5.16 Å². The van der Waals surface area contributed by atoms with Gasteiger partial charge in [0.25, 0.3) is 0 Å². The lowest BCUT2D eigenvalue weighted by atomic mass is 9.99. The van der Waals surface area contributed by atoms with Crippen molar-refractivity contribution in [2.45, 2.75) is 26.3 Å². The number of amidine groups is 1.